The molecule has 25 heavy (non-hydrogen) atoms. The fourth-order valence-corrected chi connectivity index (χ4v) is 2.10. The number of carbonyl (C=O) groups is 2. The first-order chi connectivity index (χ1) is 12.1. The van der Waals surface area contributed by atoms with E-state index in [1.54, 1.807) is 24.3 Å². The fourth-order valence-electron chi connectivity index (χ4n) is 2.10. The first kappa shape index (κ1) is 16.5. The van der Waals surface area contributed by atoms with Crippen LogP contribution in [0.3, 0.4) is 0 Å². The van der Waals surface area contributed by atoms with E-state index < -0.39 is 24.3 Å². The first-order valence-electron chi connectivity index (χ1n) is 7.40. The van der Waals surface area contributed by atoms with E-state index in [0.717, 1.165) is 5.56 Å². The molecule has 0 atom stereocenters. The van der Waals surface area contributed by atoms with Crippen LogP contribution < -0.4 is 14.8 Å². The molecular formula is C18H14FNO5. The van der Waals surface area contributed by atoms with Crippen LogP contribution in [0.4, 0.5) is 10.1 Å². The highest BCUT2D eigenvalue weighted by molar-refractivity contribution is 5.94. The van der Waals surface area contributed by atoms with Crippen molar-refractivity contribution in [1.82, 2.24) is 0 Å². The van der Waals surface area contributed by atoms with Crippen LogP contribution in [0.5, 0.6) is 11.5 Å². The second-order valence-electron chi connectivity index (χ2n) is 5.11. The summed E-state index contributed by atoms with van der Waals surface area (Å²) in [5, 5.41) is 2.49. The number of nitrogens with one attached hydrogen (secondary N) is 1. The molecule has 3 rings (SSSR count). The molecule has 1 N–H and O–H groups in total. The van der Waals surface area contributed by atoms with Crippen molar-refractivity contribution in [1.29, 1.82) is 0 Å². The van der Waals surface area contributed by atoms with Gasteiger partial charge in [0.1, 0.15) is 5.82 Å². The Labute approximate surface area is 142 Å². The maximum absolute atomic E-state index is 12.8. The molecule has 0 saturated heterocycles. The van der Waals surface area contributed by atoms with E-state index in [-0.39, 0.29) is 6.79 Å². The highest BCUT2D eigenvalue weighted by atomic mass is 19.1. The predicted octanol–water partition coefficient (Wildman–Crippen LogP) is 2.75. The molecule has 0 aromatic heterocycles. The number of rotatable bonds is 5. The quantitative estimate of drug-likeness (QED) is 0.667. The summed E-state index contributed by atoms with van der Waals surface area (Å²) in [7, 11) is 0. The molecule has 0 radical (unpaired) electrons. The van der Waals surface area contributed by atoms with Crippen LogP contribution in [0.1, 0.15) is 5.56 Å². The van der Waals surface area contributed by atoms with Gasteiger partial charge in [0.2, 0.25) is 6.79 Å². The average Bonchev–Trinajstić information content (AvgIpc) is 3.08. The molecule has 0 aliphatic carbocycles. The van der Waals surface area contributed by atoms with Crippen molar-refractivity contribution in [2.45, 2.75) is 0 Å². The second-order valence-corrected chi connectivity index (χ2v) is 5.11. The molecule has 2 aromatic carbocycles. The lowest BCUT2D eigenvalue weighted by atomic mass is 10.2. The summed E-state index contributed by atoms with van der Waals surface area (Å²) in [5.41, 5.74) is 1.15. The molecule has 1 heterocycles. The summed E-state index contributed by atoms with van der Waals surface area (Å²) in [6.07, 6.45) is 2.75. The van der Waals surface area contributed by atoms with E-state index in [9.17, 15) is 14.0 Å². The Kier molecular flexibility index (Phi) is 4.94. The lowest BCUT2D eigenvalue weighted by molar-refractivity contribution is -0.142. The monoisotopic (exact) mass is 343 g/mol. The molecule has 0 fully saturated rings. The number of carbonyl (C=O) groups excluding carboxylic acids is 2. The van der Waals surface area contributed by atoms with Crippen LogP contribution in [0.2, 0.25) is 0 Å². The van der Waals surface area contributed by atoms with Crippen molar-refractivity contribution in [3.63, 3.8) is 0 Å². The van der Waals surface area contributed by atoms with Gasteiger partial charge in [0.05, 0.1) is 0 Å². The smallest absolute Gasteiger partial charge is 0.331 e. The minimum atomic E-state index is -0.660. The van der Waals surface area contributed by atoms with Crippen molar-refractivity contribution in [2.24, 2.45) is 0 Å². The second kappa shape index (κ2) is 7.48. The molecule has 0 bridgehead atoms. The lowest BCUT2D eigenvalue weighted by Crippen LogP contribution is -2.20. The van der Waals surface area contributed by atoms with Gasteiger partial charge in [-0.05, 0) is 48.0 Å². The van der Waals surface area contributed by atoms with Gasteiger partial charge in [-0.15, -0.1) is 0 Å². The fraction of sp³-hybridized carbons (Fsp3) is 0.111. The molecular weight excluding hydrogens is 329 g/mol. The van der Waals surface area contributed by atoms with Crippen molar-refractivity contribution >= 4 is 23.6 Å². The van der Waals surface area contributed by atoms with E-state index in [1.165, 1.54) is 30.3 Å². The number of amides is 1. The van der Waals surface area contributed by atoms with Crippen LogP contribution in [-0.2, 0) is 14.3 Å². The Bertz CT molecular complexity index is 817. The van der Waals surface area contributed by atoms with Gasteiger partial charge in [0, 0.05) is 11.8 Å². The van der Waals surface area contributed by atoms with E-state index in [1.807, 2.05) is 0 Å². The van der Waals surface area contributed by atoms with Gasteiger partial charge in [-0.25, -0.2) is 9.18 Å². The minimum Gasteiger partial charge on any atom is -0.454 e. The molecule has 0 unspecified atom stereocenters. The molecule has 1 aliphatic heterocycles. The summed E-state index contributed by atoms with van der Waals surface area (Å²) in [6.45, 7) is -0.268. The van der Waals surface area contributed by atoms with E-state index in [4.69, 9.17) is 14.2 Å². The maximum atomic E-state index is 12.8. The standard InChI is InChI=1S/C18H14FNO5/c19-13-3-5-14(6-4-13)20-17(21)10-23-18(22)8-2-12-1-7-15-16(9-12)25-11-24-15/h1-9H,10-11H2,(H,20,21). The predicted molar refractivity (Wildman–Crippen MR) is 87.6 cm³/mol. The number of hydrogen-bond donors (Lipinski definition) is 1. The van der Waals surface area contributed by atoms with E-state index in [2.05, 4.69) is 5.32 Å². The summed E-state index contributed by atoms with van der Waals surface area (Å²) in [5.74, 6) is -0.326. The maximum Gasteiger partial charge on any atom is 0.331 e. The summed E-state index contributed by atoms with van der Waals surface area (Å²) in [4.78, 5) is 23.3. The van der Waals surface area contributed by atoms with Crippen LogP contribution in [0.15, 0.2) is 48.5 Å². The van der Waals surface area contributed by atoms with Gasteiger partial charge in [-0.1, -0.05) is 6.07 Å². The van der Waals surface area contributed by atoms with Crippen LogP contribution in [0.25, 0.3) is 6.08 Å². The Morgan fingerprint density at radius 3 is 2.68 bits per heavy atom. The normalized spacial score (nSPS) is 12.2. The van der Waals surface area contributed by atoms with Crippen LogP contribution in [0, 0.1) is 5.82 Å². The Morgan fingerprint density at radius 2 is 1.88 bits per heavy atom. The molecule has 0 spiro atoms. The third-order valence-electron chi connectivity index (χ3n) is 3.28. The van der Waals surface area contributed by atoms with Gasteiger partial charge < -0.3 is 19.5 Å². The zero-order chi connectivity index (χ0) is 17.6. The number of hydrogen-bond acceptors (Lipinski definition) is 5. The Hall–Kier alpha value is -3.35. The number of anilines is 1. The van der Waals surface area contributed by atoms with Crippen molar-refractivity contribution in [2.75, 3.05) is 18.7 Å². The topological polar surface area (TPSA) is 73.9 Å². The third-order valence-corrected chi connectivity index (χ3v) is 3.28. The largest absolute Gasteiger partial charge is 0.454 e. The molecule has 1 aliphatic rings. The Morgan fingerprint density at radius 1 is 1.12 bits per heavy atom. The van der Waals surface area contributed by atoms with E-state index in [0.29, 0.717) is 17.2 Å². The van der Waals surface area contributed by atoms with Gasteiger partial charge in [0.25, 0.3) is 5.91 Å². The zero-order valence-electron chi connectivity index (χ0n) is 13.0. The number of halogens is 1. The number of fused-ring (bicyclic) bond motifs is 1. The summed E-state index contributed by atoms with van der Waals surface area (Å²) in [6, 6.07) is 10.5. The third kappa shape index (κ3) is 4.57. The SMILES string of the molecule is O=C(COC(=O)C=Cc1ccc2c(c1)OCO2)Nc1ccc(F)cc1. The molecule has 128 valence electrons. The first-order valence-corrected chi connectivity index (χ1v) is 7.40. The molecule has 6 nitrogen and oxygen atoms in total. The van der Waals surface area contributed by atoms with Crippen molar-refractivity contribution in [3.05, 3.63) is 59.9 Å². The highest BCUT2D eigenvalue weighted by Crippen LogP contribution is 2.32. The van der Waals surface area contributed by atoms with Gasteiger partial charge in [-0.3, -0.25) is 4.79 Å². The lowest BCUT2D eigenvalue weighted by Gasteiger charge is -2.05. The number of esters is 1. The Balaban J connectivity index is 1.47. The average molecular weight is 343 g/mol. The molecule has 1 amide bonds. The minimum absolute atomic E-state index is 0.174. The molecule has 0 saturated carbocycles. The summed E-state index contributed by atoms with van der Waals surface area (Å²) >= 11 is 0. The number of ether oxygens (including phenoxy) is 3. The van der Waals surface area contributed by atoms with Gasteiger partial charge in [0.15, 0.2) is 18.1 Å². The van der Waals surface area contributed by atoms with Gasteiger partial charge >= 0.3 is 5.97 Å². The van der Waals surface area contributed by atoms with E-state index >= 15 is 0 Å². The van der Waals surface area contributed by atoms with Crippen molar-refractivity contribution in [3.8, 4) is 11.5 Å². The summed E-state index contributed by atoms with van der Waals surface area (Å²) < 4.78 is 28.1. The number of benzene rings is 2. The molecule has 2 aromatic rings. The highest BCUT2D eigenvalue weighted by Gasteiger charge is 2.12. The zero-order valence-corrected chi connectivity index (χ0v) is 13.0. The van der Waals surface area contributed by atoms with Gasteiger partial charge in [-0.2, -0.15) is 0 Å². The van der Waals surface area contributed by atoms with Crippen LogP contribution in [-0.4, -0.2) is 25.3 Å². The van der Waals surface area contributed by atoms with Crippen molar-refractivity contribution < 1.29 is 28.2 Å². The van der Waals surface area contributed by atoms with Crippen LogP contribution >= 0.6 is 0 Å². The molecule has 7 heteroatoms.